The Hall–Kier alpha value is -0.870. The third kappa shape index (κ3) is 2.79. The van der Waals surface area contributed by atoms with Crippen LogP contribution >= 0.6 is 0 Å². The van der Waals surface area contributed by atoms with Crippen LogP contribution in [0.15, 0.2) is 12.4 Å². The zero-order valence-corrected chi connectivity index (χ0v) is 9.20. The van der Waals surface area contributed by atoms with E-state index in [1.54, 1.807) is 6.20 Å². The zero-order chi connectivity index (χ0) is 10.5. The summed E-state index contributed by atoms with van der Waals surface area (Å²) in [6, 6.07) is 0.323. The fourth-order valence-corrected chi connectivity index (χ4v) is 1.98. The van der Waals surface area contributed by atoms with Crippen molar-refractivity contribution in [3.63, 3.8) is 0 Å². The Morgan fingerprint density at radius 2 is 2.67 bits per heavy atom. The normalized spacial score (nSPS) is 23.1. The summed E-state index contributed by atoms with van der Waals surface area (Å²) < 4.78 is 5.57. The molecule has 1 saturated heterocycles. The van der Waals surface area contributed by atoms with Crippen LogP contribution in [0, 0.1) is 0 Å². The number of imidazole rings is 1. The van der Waals surface area contributed by atoms with Gasteiger partial charge in [0.05, 0.1) is 12.1 Å². The topological polar surface area (TPSA) is 49.9 Å². The second kappa shape index (κ2) is 5.28. The van der Waals surface area contributed by atoms with E-state index in [9.17, 15) is 0 Å². The predicted octanol–water partition coefficient (Wildman–Crippen LogP) is 1.63. The van der Waals surface area contributed by atoms with Crippen LogP contribution in [-0.4, -0.2) is 29.2 Å². The lowest BCUT2D eigenvalue weighted by Gasteiger charge is -2.17. The van der Waals surface area contributed by atoms with Gasteiger partial charge in [0.2, 0.25) is 0 Å². The number of rotatable bonds is 5. The van der Waals surface area contributed by atoms with Crippen molar-refractivity contribution < 1.29 is 4.74 Å². The summed E-state index contributed by atoms with van der Waals surface area (Å²) in [5.74, 6) is 1.02. The molecule has 1 aliphatic rings. The Kier molecular flexibility index (Phi) is 3.75. The van der Waals surface area contributed by atoms with Crippen molar-refractivity contribution in [3.8, 4) is 0 Å². The maximum absolute atomic E-state index is 5.57. The molecule has 2 rings (SSSR count). The molecule has 0 amide bonds. The first-order chi connectivity index (χ1) is 7.40. The van der Waals surface area contributed by atoms with Crippen LogP contribution in [0.3, 0.4) is 0 Å². The van der Waals surface area contributed by atoms with Gasteiger partial charge in [0, 0.05) is 25.5 Å². The van der Waals surface area contributed by atoms with Crippen LogP contribution < -0.4 is 5.32 Å². The molecule has 2 N–H and O–H groups in total. The van der Waals surface area contributed by atoms with Crippen LogP contribution in [0.1, 0.15) is 38.1 Å². The summed E-state index contributed by atoms with van der Waals surface area (Å²) in [5.41, 5.74) is 0. The summed E-state index contributed by atoms with van der Waals surface area (Å²) in [6.45, 7) is 4.01. The van der Waals surface area contributed by atoms with Crippen molar-refractivity contribution in [1.82, 2.24) is 15.3 Å². The molecule has 0 saturated carbocycles. The molecule has 4 nitrogen and oxygen atoms in total. The Labute approximate surface area is 90.4 Å². The van der Waals surface area contributed by atoms with Crippen molar-refractivity contribution in [2.45, 2.75) is 38.3 Å². The van der Waals surface area contributed by atoms with Crippen LogP contribution in [0.5, 0.6) is 0 Å². The molecule has 0 radical (unpaired) electrons. The lowest BCUT2D eigenvalue weighted by Crippen LogP contribution is -2.30. The Balaban J connectivity index is 1.80. The van der Waals surface area contributed by atoms with E-state index in [4.69, 9.17) is 4.74 Å². The maximum atomic E-state index is 5.57. The summed E-state index contributed by atoms with van der Waals surface area (Å²) >= 11 is 0. The third-order valence-electron chi connectivity index (χ3n) is 2.87. The summed E-state index contributed by atoms with van der Waals surface area (Å²) in [4.78, 5) is 7.42. The van der Waals surface area contributed by atoms with Gasteiger partial charge in [-0.3, -0.25) is 0 Å². The highest BCUT2D eigenvalue weighted by atomic mass is 16.5. The SMILES string of the molecule is CCC(NCC1CCCO1)c1ncc[nH]1. The van der Waals surface area contributed by atoms with Gasteiger partial charge in [0.25, 0.3) is 0 Å². The molecule has 0 aromatic carbocycles. The number of aromatic amines is 1. The fourth-order valence-electron chi connectivity index (χ4n) is 1.98. The number of nitrogens with one attached hydrogen (secondary N) is 2. The highest BCUT2D eigenvalue weighted by molar-refractivity contribution is 4.95. The molecule has 0 aliphatic carbocycles. The fraction of sp³-hybridized carbons (Fsp3) is 0.727. The first-order valence-corrected chi connectivity index (χ1v) is 5.74. The quantitative estimate of drug-likeness (QED) is 0.775. The molecule has 0 bridgehead atoms. The number of aromatic nitrogens is 2. The van der Waals surface area contributed by atoms with E-state index in [1.807, 2.05) is 6.20 Å². The molecule has 2 unspecified atom stereocenters. The molecular weight excluding hydrogens is 190 g/mol. The van der Waals surface area contributed by atoms with Crippen LogP contribution in [0.4, 0.5) is 0 Å². The number of hydrogen-bond acceptors (Lipinski definition) is 3. The average Bonchev–Trinajstić information content (AvgIpc) is 2.90. The van der Waals surface area contributed by atoms with Gasteiger partial charge in [-0.1, -0.05) is 6.92 Å². The Morgan fingerprint density at radius 1 is 1.73 bits per heavy atom. The van der Waals surface area contributed by atoms with Gasteiger partial charge in [-0.05, 0) is 19.3 Å². The standard InChI is InChI=1S/C11H19N3O/c1-2-10(11-12-5-6-13-11)14-8-9-4-3-7-15-9/h5-6,9-10,14H,2-4,7-8H2,1H3,(H,12,13). The smallest absolute Gasteiger partial charge is 0.123 e. The van der Waals surface area contributed by atoms with Crippen molar-refractivity contribution >= 4 is 0 Å². The molecule has 0 spiro atoms. The summed E-state index contributed by atoms with van der Waals surface area (Å²) in [7, 11) is 0. The summed E-state index contributed by atoms with van der Waals surface area (Å²) in [6.07, 6.45) is 7.48. The highest BCUT2D eigenvalue weighted by Gasteiger charge is 2.18. The van der Waals surface area contributed by atoms with Gasteiger partial charge in [0.1, 0.15) is 5.82 Å². The molecule has 84 valence electrons. The van der Waals surface area contributed by atoms with Crippen molar-refractivity contribution in [2.24, 2.45) is 0 Å². The molecular formula is C11H19N3O. The summed E-state index contributed by atoms with van der Waals surface area (Å²) in [5, 5.41) is 3.50. The second-order valence-corrected chi connectivity index (χ2v) is 3.98. The van der Waals surface area contributed by atoms with E-state index in [0.717, 1.165) is 25.4 Å². The average molecular weight is 209 g/mol. The van der Waals surface area contributed by atoms with E-state index in [-0.39, 0.29) is 0 Å². The monoisotopic (exact) mass is 209 g/mol. The molecule has 2 heterocycles. The number of hydrogen-bond donors (Lipinski definition) is 2. The lowest BCUT2D eigenvalue weighted by molar-refractivity contribution is 0.107. The van der Waals surface area contributed by atoms with Crippen molar-refractivity contribution in [2.75, 3.05) is 13.2 Å². The Bertz CT molecular complexity index is 267. The van der Waals surface area contributed by atoms with Gasteiger partial charge in [0.15, 0.2) is 0 Å². The van der Waals surface area contributed by atoms with Crippen LogP contribution in [0.25, 0.3) is 0 Å². The molecule has 2 atom stereocenters. The molecule has 4 heteroatoms. The van der Waals surface area contributed by atoms with E-state index in [2.05, 4.69) is 22.2 Å². The molecule has 1 aromatic rings. The predicted molar refractivity (Wildman–Crippen MR) is 58.6 cm³/mol. The largest absolute Gasteiger partial charge is 0.377 e. The highest BCUT2D eigenvalue weighted by Crippen LogP contribution is 2.15. The van der Waals surface area contributed by atoms with Crippen LogP contribution in [0.2, 0.25) is 0 Å². The minimum absolute atomic E-state index is 0.323. The first-order valence-electron chi connectivity index (χ1n) is 5.74. The van der Waals surface area contributed by atoms with E-state index >= 15 is 0 Å². The lowest BCUT2D eigenvalue weighted by atomic mass is 10.2. The number of ether oxygens (including phenoxy) is 1. The van der Waals surface area contributed by atoms with Crippen molar-refractivity contribution in [3.05, 3.63) is 18.2 Å². The Morgan fingerprint density at radius 3 is 3.27 bits per heavy atom. The van der Waals surface area contributed by atoms with Crippen LogP contribution in [-0.2, 0) is 4.74 Å². The van der Waals surface area contributed by atoms with Gasteiger partial charge in [-0.2, -0.15) is 0 Å². The van der Waals surface area contributed by atoms with Crippen molar-refractivity contribution in [1.29, 1.82) is 0 Å². The minimum atomic E-state index is 0.323. The van der Waals surface area contributed by atoms with E-state index in [0.29, 0.717) is 12.1 Å². The van der Waals surface area contributed by atoms with Gasteiger partial charge >= 0.3 is 0 Å². The van der Waals surface area contributed by atoms with Gasteiger partial charge < -0.3 is 15.0 Å². The minimum Gasteiger partial charge on any atom is -0.377 e. The van der Waals surface area contributed by atoms with Gasteiger partial charge in [-0.25, -0.2) is 4.98 Å². The number of H-pyrrole nitrogens is 1. The zero-order valence-electron chi connectivity index (χ0n) is 9.20. The van der Waals surface area contributed by atoms with E-state index in [1.165, 1.54) is 12.8 Å². The molecule has 15 heavy (non-hydrogen) atoms. The molecule has 1 aromatic heterocycles. The number of nitrogens with zero attached hydrogens (tertiary/aromatic N) is 1. The second-order valence-electron chi connectivity index (χ2n) is 3.98. The first kappa shape index (κ1) is 10.6. The molecule has 1 aliphatic heterocycles. The van der Waals surface area contributed by atoms with E-state index < -0.39 is 0 Å². The third-order valence-corrected chi connectivity index (χ3v) is 2.87. The maximum Gasteiger partial charge on any atom is 0.123 e. The molecule has 1 fully saturated rings. The van der Waals surface area contributed by atoms with Gasteiger partial charge in [-0.15, -0.1) is 0 Å².